The lowest BCUT2D eigenvalue weighted by molar-refractivity contribution is -0.145. The third-order valence-electron chi connectivity index (χ3n) is 6.20. The second kappa shape index (κ2) is 7.31. The summed E-state index contributed by atoms with van der Waals surface area (Å²) in [6.45, 7) is 2.08. The summed E-state index contributed by atoms with van der Waals surface area (Å²) in [4.78, 5) is 5.96. The van der Waals surface area contributed by atoms with Crippen LogP contribution in [-0.4, -0.2) is 38.8 Å². The Morgan fingerprint density at radius 3 is 2.61 bits per heavy atom. The minimum Gasteiger partial charge on any atom is -0.330 e. The molecule has 1 fully saturated rings. The molecule has 1 saturated carbocycles. The molecule has 5 nitrogen and oxygen atoms in total. The fourth-order valence-electron chi connectivity index (χ4n) is 4.54. The van der Waals surface area contributed by atoms with Crippen molar-refractivity contribution in [3.05, 3.63) is 46.5 Å². The van der Waals surface area contributed by atoms with Crippen LogP contribution in [0.1, 0.15) is 42.9 Å². The van der Waals surface area contributed by atoms with Gasteiger partial charge in [-0.15, -0.1) is 5.10 Å². The van der Waals surface area contributed by atoms with E-state index in [9.17, 15) is 13.2 Å². The Kier molecular flexibility index (Phi) is 5.14. The summed E-state index contributed by atoms with van der Waals surface area (Å²) < 4.78 is 40.0. The topological polar surface area (TPSA) is 60.0 Å². The first kappa shape index (κ1) is 19.7. The molecule has 2 N–H and O–H groups in total. The number of hydrogen-bond donors (Lipinski definition) is 1. The predicted molar refractivity (Wildman–Crippen MR) is 99.9 cm³/mol. The zero-order valence-corrected chi connectivity index (χ0v) is 16.2. The van der Waals surface area contributed by atoms with Gasteiger partial charge >= 0.3 is 6.18 Å². The number of halogens is 4. The van der Waals surface area contributed by atoms with Crippen molar-refractivity contribution < 1.29 is 13.2 Å². The van der Waals surface area contributed by atoms with E-state index in [1.165, 1.54) is 10.2 Å². The lowest BCUT2D eigenvalue weighted by atomic mass is 9.68. The quantitative estimate of drug-likeness (QED) is 0.835. The molecule has 1 aromatic heterocycles. The van der Waals surface area contributed by atoms with Gasteiger partial charge in [-0.2, -0.15) is 13.2 Å². The van der Waals surface area contributed by atoms with Gasteiger partial charge in [-0.05, 0) is 43.4 Å². The molecule has 152 valence electrons. The predicted octanol–water partition coefficient (Wildman–Crippen LogP) is 3.61. The SMILES string of the molecule is NCC1(c2cccc(Cl)c2)CCC(N2CCn3nc(C(F)(F)F)nc3C2)CC1. The molecule has 0 amide bonds. The van der Waals surface area contributed by atoms with Crippen molar-refractivity contribution >= 4 is 11.6 Å². The van der Waals surface area contributed by atoms with Gasteiger partial charge in [-0.3, -0.25) is 4.90 Å². The van der Waals surface area contributed by atoms with Crippen LogP contribution in [0.3, 0.4) is 0 Å². The van der Waals surface area contributed by atoms with Crippen molar-refractivity contribution in [1.29, 1.82) is 0 Å². The standard InChI is InChI=1S/C19H23ClF3N5/c20-14-3-1-2-13(10-14)18(12-24)6-4-15(5-7-18)27-8-9-28-16(11-27)25-17(26-28)19(21,22)23/h1-3,10,15H,4-9,11-12,24H2. The van der Waals surface area contributed by atoms with E-state index in [4.69, 9.17) is 17.3 Å². The number of fused-ring (bicyclic) bond motifs is 1. The maximum absolute atomic E-state index is 12.9. The van der Waals surface area contributed by atoms with E-state index < -0.39 is 12.0 Å². The molecular formula is C19H23ClF3N5. The highest BCUT2D eigenvalue weighted by Crippen LogP contribution is 2.41. The Morgan fingerprint density at radius 1 is 1.21 bits per heavy atom. The molecule has 0 radical (unpaired) electrons. The van der Waals surface area contributed by atoms with Crippen molar-refractivity contribution in [2.75, 3.05) is 13.1 Å². The molecule has 28 heavy (non-hydrogen) atoms. The third-order valence-corrected chi connectivity index (χ3v) is 6.44. The van der Waals surface area contributed by atoms with E-state index in [-0.39, 0.29) is 5.41 Å². The first-order valence-electron chi connectivity index (χ1n) is 9.52. The fraction of sp³-hybridized carbons (Fsp3) is 0.579. The number of aromatic nitrogens is 3. The van der Waals surface area contributed by atoms with Gasteiger partial charge in [0.25, 0.3) is 5.82 Å². The Hall–Kier alpha value is -1.64. The lowest BCUT2D eigenvalue weighted by Gasteiger charge is -2.44. The summed E-state index contributed by atoms with van der Waals surface area (Å²) in [6.07, 6.45) is -0.733. The highest BCUT2D eigenvalue weighted by atomic mass is 35.5. The molecule has 0 bridgehead atoms. The van der Waals surface area contributed by atoms with Crippen LogP contribution in [-0.2, 0) is 24.7 Å². The van der Waals surface area contributed by atoms with E-state index >= 15 is 0 Å². The average Bonchev–Trinajstić information content (AvgIpc) is 3.12. The van der Waals surface area contributed by atoms with Gasteiger partial charge in [0, 0.05) is 29.6 Å². The summed E-state index contributed by atoms with van der Waals surface area (Å²) in [7, 11) is 0. The Bertz CT molecular complexity index is 842. The third kappa shape index (κ3) is 3.65. The van der Waals surface area contributed by atoms with Crippen LogP contribution in [0.2, 0.25) is 5.02 Å². The average molecular weight is 414 g/mol. The van der Waals surface area contributed by atoms with E-state index in [1.807, 2.05) is 18.2 Å². The molecule has 0 atom stereocenters. The molecule has 1 aliphatic heterocycles. The molecule has 2 aliphatic rings. The number of alkyl halides is 3. The van der Waals surface area contributed by atoms with Crippen LogP contribution >= 0.6 is 11.6 Å². The van der Waals surface area contributed by atoms with Crippen molar-refractivity contribution in [3.63, 3.8) is 0 Å². The maximum Gasteiger partial charge on any atom is 0.453 e. The minimum absolute atomic E-state index is 0.0827. The summed E-state index contributed by atoms with van der Waals surface area (Å²) in [5.41, 5.74) is 7.26. The highest BCUT2D eigenvalue weighted by Gasteiger charge is 2.40. The van der Waals surface area contributed by atoms with Crippen LogP contribution in [0.5, 0.6) is 0 Å². The minimum atomic E-state index is -4.50. The van der Waals surface area contributed by atoms with Crippen LogP contribution < -0.4 is 5.73 Å². The molecule has 0 spiro atoms. The Balaban J connectivity index is 1.45. The second-order valence-corrected chi connectivity index (χ2v) is 8.21. The van der Waals surface area contributed by atoms with Gasteiger partial charge in [-0.1, -0.05) is 23.7 Å². The van der Waals surface area contributed by atoms with Gasteiger partial charge in [0.15, 0.2) is 0 Å². The van der Waals surface area contributed by atoms with Gasteiger partial charge in [0.2, 0.25) is 0 Å². The molecule has 0 saturated heterocycles. The van der Waals surface area contributed by atoms with Gasteiger partial charge in [0.1, 0.15) is 5.82 Å². The van der Waals surface area contributed by atoms with Crippen molar-refractivity contribution in [1.82, 2.24) is 19.7 Å². The van der Waals surface area contributed by atoms with Crippen LogP contribution in [0.4, 0.5) is 13.2 Å². The Morgan fingerprint density at radius 2 is 1.96 bits per heavy atom. The fourth-order valence-corrected chi connectivity index (χ4v) is 4.73. The van der Waals surface area contributed by atoms with E-state index in [1.54, 1.807) is 0 Å². The van der Waals surface area contributed by atoms with Crippen LogP contribution in [0.15, 0.2) is 24.3 Å². The first-order valence-corrected chi connectivity index (χ1v) is 9.90. The van der Waals surface area contributed by atoms with Crippen molar-refractivity contribution in [3.8, 4) is 0 Å². The molecule has 1 aliphatic carbocycles. The maximum atomic E-state index is 12.9. The molecule has 2 aromatic rings. The number of nitrogens with zero attached hydrogens (tertiary/aromatic N) is 4. The first-order chi connectivity index (χ1) is 13.3. The monoisotopic (exact) mass is 413 g/mol. The molecule has 0 unspecified atom stereocenters. The Labute approximate surface area is 166 Å². The van der Waals surface area contributed by atoms with Crippen molar-refractivity contribution in [2.24, 2.45) is 5.73 Å². The molecule has 4 rings (SSSR count). The van der Waals surface area contributed by atoms with Crippen molar-refractivity contribution in [2.45, 2.75) is 56.4 Å². The zero-order chi connectivity index (χ0) is 19.9. The highest BCUT2D eigenvalue weighted by molar-refractivity contribution is 6.30. The number of benzene rings is 1. The van der Waals surface area contributed by atoms with E-state index in [0.29, 0.717) is 43.1 Å². The molecule has 1 aromatic carbocycles. The van der Waals surface area contributed by atoms with E-state index in [2.05, 4.69) is 21.0 Å². The van der Waals surface area contributed by atoms with Gasteiger partial charge < -0.3 is 5.73 Å². The van der Waals surface area contributed by atoms with Gasteiger partial charge in [-0.25, -0.2) is 9.67 Å². The summed E-state index contributed by atoms with van der Waals surface area (Å²) in [6, 6.07) is 8.22. The number of hydrogen-bond acceptors (Lipinski definition) is 4. The summed E-state index contributed by atoms with van der Waals surface area (Å²) in [5.74, 6) is -0.653. The lowest BCUT2D eigenvalue weighted by Crippen LogP contribution is -2.47. The molecular weight excluding hydrogens is 391 g/mol. The number of rotatable bonds is 3. The van der Waals surface area contributed by atoms with Crippen LogP contribution in [0, 0.1) is 0 Å². The normalized spacial score (nSPS) is 26.2. The smallest absolute Gasteiger partial charge is 0.330 e. The zero-order valence-electron chi connectivity index (χ0n) is 15.4. The second-order valence-electron chi connectivity index (χ2n) is 7.77. The number of nitrogens with two attached hydrogens (primary N) is 1. The largest absolute Gasteiger partial charge is 0.453 e. The summed E-state index contributed by atoms with van der Waals surface area (Å²) in [5, 5.41) is 4.32. The molecule has 9 heteroatoms. The van der Waals surface area contributed by atoms with Gasteiger partial charge in [0.05, 0.1) is 13.1 Å². The van der Waals surface area contributed by atoms with Crippen LogP contribution in [0.25, 0.3) is 0 Å². The summed E-state index contributed by atoms with van der Waals surface area (Å²) >= 11 is 6.17. The molecule has 2 heterocycles. The van der Waals surface area contributed by atoms with E-state index in [0.717, 1.165) is 25.7 Å².